The molecule has 0 saturated carbocycles. The smallest absolute Gasteiger partial charge is 0.0817 e. The summed E-state index contributed by atoms with van der Waals surface area (Å²) in [5.74, 6) is 0. The lowest BCUT2D eigenvalue weighted by atomic mass is 10.1. The van der Waals surface area contributed by atoms with Crippen LogP contribution in [0, 0.1) is 0 Å². The van der Waals surface area contributed by atoms with E-state index in [1.54, 1.807) is 6.07 Å². The molecule has 1 heterocycles. The number of nitrogens with zero attached hydrogens (tertiary/aromatic N) is 2. The van der Waals surface area contributed by atoms with E-state index in [1.807, 2.05) is 12.1 Å². The second-order valence-corrected chi connectivity index (χ2v) is 6.23. The van der Waals surface area contributed by atoms with Crippen LogP contribution in [0.4, 0.5) is 0 Å². The topological polar surface area (TPSA) is 26.7 Å². The van der Waals surface area contributed by atoms with Crippen molar-refractivity contribution in [3.8, 4) is 0 Å². The molecule has 1 N–H and O–H groups in total. The average Bonchev–Trinajstić information content (AvgIpc) is 2.64. The number of halogens is 2. The van der Waals surface area contributed by atoms with E-state index < -0.39 is 6.10 Å². The van der Waals surface area contributed by atoms with Crippen LogP contribution in [-0.4, -0.2) is 54.7 Å². The number of hydrogen-bond donors (Lipinski definition) is 1. The maximum Gasteiger partial charge on any atom is 0.0817 e. The van der Waals surface area contributed by atoms with Gasteiger partial charge < -0.3 is 14.9 Å². The van der Waals surface area contributed by atoms with Gasteiger partial charge in [0.2, 0.25) is 0 Å². The van der Waals surface area contributed by atoms with E-state index in [4.69, 9.17) is 23.2 Å². The minimum atomic E-state index is -0.554. The standard InChI is InChI=1S/C15H22Cl2N2O/c1-18-7-3-8-19(11-10-18)9-6-14(20)12-4-2-5-13(16)15(12)17/h2,4-5,14,20H,3,6-11H2,1H3. The predicted molar refractivity (Wildman–Crippen MR) is 84.6 cm³/mol. The van der Waals surface area contributed by atoms with E-state index in [-0.39, 0.29) is 0 Å². The van der Waals surface area contributed by atoms with Crippen molar-refractivity contribution in [3.63, 3.8) is 0 Å². The fourth-order valence-corrected chi connectivity index (χ4v) is 3.00. The molecule has 5 heteroatoms. The average molecular weight is 317 g/mol. The predicted octanol–water partition coefficient (Wildman–Crippen LogP) is 3.05. The number of aliphatic hydroxyl groups excluding tert-OH is 1. The van der Waals surface area contributed by atoms with Gasteiger partial charge in [0, 0.05) is 25.2 Å². The summed E-state index contributed by atoms with van der Waals surface area (Å²) in [6.07, 6.45) is 1.32. The van der Waals surface area contributed by atoms with Gasteiger partial charge in [-0.15, -0.1) is 0 Å². The Morgan fingerprint density at radius 3 is 2.80 bits per heavy atom. The highest BCUT2D eigenvalue weighted by Crippen LogP contribution is 2.31. The number of rotatable bonds is 4. The number of benzene rings is 1. The highest BCUT2D eigenvalue weighted by Gasteiger charge is 2.17. The van der Waals surface area contributed by atoms with Gasteiger partial charge in [0.05, 0.1) is 16.1 Å². The highest BCUT2D eigenvalue weighted by atomic mass is 35.5. The molecule has 1 atom stereocenters. The van der Waals surface area contributed by atoms with Crippen molar-refractivity contribution in [2.75, 3.05) is 39.8 Å². The maximum absolute atomic E-state index is 10.3. The fourth-order valence-electron chi connectivity index (χ4n) is 2.56. The van der Waals surface area contributed by atoms with Gasteiger partial charge in [0.1, 0.15) is 0 Å². The molecule has 1 unspecified atom stereocenters. The van der Waals surface area contributed by atoms with Crippen LogP contribution < -0.4 is 0 Å². The molecule has 1 aliphatic heterocycles. The van der Waals surface area contributed by atoms with Crippen LogP contribution in [0.1, 0.15) is 24.5 Å². The van der Waals surface area contributed by atoms with Crippen molar-refractivity contribution in [1.82, 2.24) is 9.80 Å². The van der Waals surface area contributed by atoms with Crippen LogP contribution in [0.15, 0.2) is 18.2 Å². The molecule has 0 spiro atoms. The Labute approximate surface area is 131 Å². The van der Waals surface area contributed by atoms with Crippen molar-refractivity contribution in [3.05, 3.63) is 33.8 Å². The summed E-state index contributed by atoms with van der Waals surface area (Å²) >= 11 is 12.1. The normalized spacial score (nSPS) is 19.8. The molecule has 0 aliphatic carbocycles. The molecule has 0 radical (unpaired) electrons. The van der Waals surface area contributed by atoms with Gasteiger partial charge in [0.25, 0.3) is 0 Å². The molecule has 1 aromatic rings. The first-order valence-corrected chi connectivity index (χ1v) is 7.86. The summed E-state index contributed by atoms with van der Waals surface area (Å²) in [5.41, 5.74) is 0.728. The van der Waals surface area contributed by atoms with E-state index in [2.05, 4.69) is 16.8 Å². The number of likely N-dealkylation sites (N-methyl/N-ethyl adjacent to an activating group) is 1. The molecule has 0 bridgehead atoms. The van der Waals surface area contributed by atoms with Crippen molar-refractivity contribution in [2.45, 2.75) is 18.9 Å². The molecule has 112 valence electrons. The molecule has 0 aromatic heterocycles. The van der Waals surface area contributed by atoms with Crippen molar-refractivity contribution in [1.29, 1.82) is 0 Å². The summed E-state index contributed by atoms with van der Waals surface area (Å²) in [6, 6.07) is 5.41. The lowest BCUT2D eigenvalue weighted by Gasteiger charge is -2.22. The Morgan fingerprint density at radius 2 is 2.00 bits per heavy atom. The second-order valence-electron chi connectivity index (χ2n) is 5.45. The summed E-state index contributed by atoms with van der Waals surface area (Å²) in [4.78, 5) is 4.76. The zero-order valence-electron chi connectivity index (χ0n) is 11.9. The third-order valence-electron chi connectivity index (χ3n) is 3.87. The van der Waals surface area contributed by atoms with Gasteiger partial charge in [-0.1, -0.05) is 35.3 Å². The third kappa shape index (κ3) is 4.34. The van der Waals surface area contributed by atoms with Gasteiger partial charge in [-0.3, -0.25) is 0 Å². The second kappa shape index (κ2) is 7.62. The van der Waals surface area contributed by atoms with E-state index in [0.29, 0.717) is 16.5 Å². The lowest BCUT2D eigenvalue weighted by Crippen LogP contribution is -2.30. The van der Waals surface area contributed by atoms with Gasteiger partial charge in [-0.05, 0) is 39.0 Å². The highest BCUT2D eigenvalue weighted by molar-refractivity contribution is 6.42. The summed E-state index contributed by atoms with van der Waals surface area (Å²) in [5, 5.41) is 11.3. The molecule has 1 fully saturated rings. The van der Waals surface area contributed by atoms with Crippen LogP contribution in [0.5, 0.6) is 0 Å². The summed E-state index contributed by atoms with van der Waals surface area (Å²) in [6.45, 7) is 5.29. The molecule has 2 rings (SSSR count). The molecule has 1 aliphatic rings. The van der Waals surface area contributed by atoms with Crippen molar-refractivity contribution in [2.24, 2.45) is 0 Å². The molecule has 20 heavy (non-hydrogen) atoms. The third-order valence-corrected chi connectivity index (χ3v) is 4.70. The molecular weight excluding hydrogens is 295 g/mol. The van der Waals surface area contributed by atoms with E-state index >= 15 is 0 Å². The van der Waals surface area contributed by atoms with Crippen molar-refractivity contribution < 1.29 is 5.11 Å². The van der Waals surface area contributed by atoms with Crippen LogP contribution >= 0.6 is 23.2 Å². The monoisotopic (exact) mass is 316 g/mol. The van der Waals surface area contributed by atoms with Gasteiger partial charge >= 0.3 is 0 Å². The van der Waals surface area contributed by atoms with Gasteiger partial charge in [0.15, 0.2) is 0 Å². The first-order valence-electron chi connectivity index (χ1n) is 7.11. The van der Waals surface area contributed by atoms with E-state index in [1.165, 1.54) is 6.42 Å². The largest absolute Gasteiger partial charge is 0.388 e. The fraction of sp³-hybridized carbons (Fsp3) is 0.600. The molecule has 1 aromatic carbocycles. The summed E-state index contributed by atoms with van der Waals surface area (Å²) in [7, 11) is 2.16. The quantitative estimate of drug-likeness (QED) is 0.924. The van der Waals surface area contributed by atoms with Crippen LogP contribution in [0.25, 0.3) is 0 Å². The Morgan fingerprint density at radius 1 is 1.20 bits per heavy atom. The lowest BCUT2D eigenvalue weighted by molar-refractivity contribution is 0.143. The minimum Gasteiger partial charge on any atom is -0.388 e. The van der Waals surface area contributed by atoms with Gasteiger partial charge in [-0.25, -0.2) is 0 Å². The Kier molecular flexibility index (Phi) is 6.12. The maximum atomic E-state index is 10.3. The van der Waals surface area contributed by atoms with Crippen LogP contribution in [0.3, 0.4) is 0 Å². The SMILES string of the molecule is CN1CCCN(CCC(O)c2cccc(Cl)c2Cl)CC1. The zero-order chi connectivity index (χ0) is 14.5. The Balaban J connectivity index is 1.88. The summed E-state index contributed by atoms with van der Waals surface area (Å²) < 4.78 is 0. The first kappa shape index (κ1) is 16.1. The van der Waals surface area contributed by atoms with Crippen LogP contribution in [0.2, 0.25) is 10.0 Å². The minimum absolute atomic E-state index is 0.470. The Hall–Kier alpha value is -0.320. The van der Waals surface area contributed by atoms with Crippen molar-refractivity contribution >= 4 is 23.2 Å². The van der Waals surface area contributed by atoms with Crippen LogP contribution in [-0.2, 0) is 0 Å². The molecular formula is C15H22Cl2N2O. The van der Waals surface area contributed by atoms with Gasteiger partial charge in [-0.2, -0.15) is 0 Å². The van der Waals surface area contributed by atoms with E-state index in [9.17, 15) is 5.11 Å². The molecule has 0 amide bonds. The molecule has 1 saturated heterocycles. The number of hydrogen-bond acceptors (Lipinski definition) is 3. The zero-order valence-corrected chi connectivity index (χ0v) is 13.4. The molecule has 3 nitrogen and oxygen atoms in total. The first-order chi connectivity index (χ1) is 9.58. The van der Waals surface area contributed by atoms with E-state index in [0.717, 1.165) is 38.3 Å². The Bertz CT molecular complexity index is 442. The number of aliphatic hydroxyl groups is 1.